The molecule has 5 aromatic rings. The summed E-state index contributed by atoms with van der Waals surface area (Å²) in [4.78, 5) is 31.8. The molecule has 2 aromatic heterocycles. The highest BCUT2D eigenvalue weighted by Crippen LogP contribution is 2.26. The molecule has 41 heavy (non-hydrogen) atoms. The van der Waals surface area contributed by atoms with Gasteiger partial charge in [-0.1, -0.05) is 66.2 Å². The number of hydrogen-bond donors (Lipinski definition) is 1. The van der Waals surface area contributed by atoms with Gasteiger partial charge in [-0.15, -0.1) is 0 Å². The Morgan fingerprint density at radius 2 is 1.63 bits per heavy atom. The van der Waals surface area contributed by atoms with Gasteiger partial charge in [-0.3, -0.25) is 4.79 Å². The molecular weight excluding hydrogens is 514 g/mol. The van der Waals surface area contributed by atoms with Crippen molar-refractivity contribution in [3.8, 4) is 5.75 Å². The van der Waals surface area contributed by atoms with Crippen LogP contribution < -0.4 is 15.0 Å². The lowest BCUT2D eigenvalue weighted by molar-refractivity contribution is 0.0746. The van der Waals surface area contributed by atoms with Crippen LogP contribution >= 0.6 is 0 Å². The topological polar surface area (TPSA) is 88.4 Å². The van der Waals surface area contributed by atoms with E-state index < -0.39 is 0 Å². The molecule has 0 saturated carbocycles. The Bertz CT molecular complexity index is 1640. The first-order chi connectivity index (χ1) is 20.1. The van der Waals surface area contributed by atoms with Crippen molar-refractivity contribution in [1.29, 1.82) is 0 Å². The fourth-order valence-corrected chi connectivity index (χ4v) is 5.11. The van der Waals surface area contributed by atoms with Crippen LogP contribution in [0.1, 0.15) is 27.0 Å². The van der Waals surface area contributed by atoms with Crippen molar-refractivity contribution < 1.29 is 9.53 Å². The molecule has 0 spiro atoms. The lowest BCUT2D eigenvalue weighted by Gasteiger charge is -2.35. The van der Waals surface area contributed by atoms with Gasteiger partial charge in [0.1, 0.15) is 5.75 Å². The number of benzene rings is 3. The van der Waals surface area contributed by atoms with Crippen molar-refractivity contribution in [2.24, 2.45) is 0 Å². The number of carbonyl (C=O) groups is 1. The Balaban J connectivity index is 1.27. The van der Waals surface area contributed by atoms with Crippen LogP contribution in [0.2, 0.25) is 0 Å². The van der Waals surface area contributed by atoms with Gasteiger partial charge < -0.3 is 24.4 Å². The summed E-state index contributed by atoms with van der Waals surface area (Å²) in [7, 11) is 1.67. The molecule has 1 aliphatic rings. The minimum absolute atomic E-state index is 0.0566. The number of hydrogen-bond acceptors (Lipinski definition) is 7. The monoisotopic (exact) mass is 547 g/mol. The summed E-state index contributed by atoms with van der Waals surface area (Å²) < 4.78 is 7.60. The molecule has 1 N–H and O–H groups in total. The van der Waals surface area contributed by atoms with Crippen molar-refractivity contribution in [3.05, 3.63) is 107 Å². The molecule has 3 heterocycles. The molecule has 1 fully saturated rings. The maximum absolute atomic E-state index is 13.1. The van der Waals surface area contributed by atoms with Crippen molar-refractivity contribution in [1.82, 2.24) is 24.4 Å². The van der Waals surface area contributed by atoms with Crippen molar-refractivity contribution in [2.75, 3.05) is 43.5 Å². The number of nitrogens with zero attached hydrogens (tertiary/aromatic N) is 6. The summed E-state index contributed by atoms with van der Waals surface area (Å²) in [5.41, 5.74) is 5.52. The van der Waals surface area contributed by atoms with Crippen molar-refractivity contribution in [2.45, 2.75) is 20.0 Å². The Hall–Kier alpha value is -4.92. The fourth-order valence-electron chi connectivity index (χ4n) is 5.11. The smallest absolute Gasteiger partial charge is 0.253 e. The number of fused-ring (bicyclic) bond motifs is 1. The summed E-state index contributed by atoms with van der Waals surface area (Å²) in [5.74, 6) is 2.16. The van der Waals surface area contributed by atoms with Gasteiger partial charge in [-0.05, 0) is 30.7 Å². The average Bonchev–Trinajstić information content (AvgIpc) is 3.43. The quantitative estimate of drug-likeness (QED) is 0.300. The van der Waals surface area contributed by atoms with E-state index >= 15 is 0 Å². The number of amides is 1. The first-order valence-electron chi connectivity index (χ1n) is 13.8. The Kier molecular flexibility index (Phi) is 7.49. The molecule has 208 valence electrons. The molecule has 9 nitrogen and oxygen atoms in total. The summed E-state index contributed by atoms with van der Waals surface area (Å²) in [6, 6.07) is 26.0. The van der Waals surface area contributed by atoms with Gasteiger partial charge in [-0.2, -0.15) is 9.97 Å². The van der Waals surface area contributed by atoms with Gasteiger partial charge in [0, 0.05) is 43.9 Å². The van der Waals surface area contributed by atoms with Crippen molar-refractivity contribution in [3.63, 3.8) is 0 Å². The largest absolute Gasteiger partial charge is 0.496 e. The zero-order valence-corrected chi connectivity index (χ0v) is 23.3. The number of imidazole rings is 1. The number of carbonyl (C=O) groups excluding carboxylic acids is 1. The molecule has 1 saturated heterocycles. The average molecular weight is 548 g/mol. The second kappa shape index (κ2) is 11.7. The van der Waals surface area contributed by atoms with E-state index in [0.717, 1.165) is 22.5 Å². The molecular formula is C32H33N7O2. The third kappa shape index (κ3) is 5.70. The molecule has 0 atom stereocenters. The second-order valence-corrected chi connectivity index (χ2v) is 10.2. The van der Waals surface area contributed by atoms with E-state index in [1.807, 2.05) is 84.9 Å². The van der Waals surface area contributed by atoms with Gasteiger partial charge in [0.15, 0.2) is 17.0 Å². The fraction of sp³-hybridized carbons (Fsp3) is 0.250. The molecule has 1 aliphatic heterocycles. The van der Waals surface area contributed by atoms with Crippen molar-refractivity contribution >= 4 is 28.8 Å². The molecule has 0 bridgehead atoms. The summed E-state index contributed by atoms with van der Waals surface area (Å²) in [5, 5.41) is 3.49. The van der Waals surface area contributed by atoms with E-state index in [1.54, 1.807) is 7.11 Å². The highest BCUT2D eigenvalue weighted by atomic mass is 16.5. The van der Waals surface area contributed by atoms with E-state index in [1.165, 1.54) is 5.56 Å². The van der Waals surface area contributed by atoms with Crippen LogP contribution in [0.25, 0.3) is 11.2 Å². The number of nitrogens with one attached hydrogen (secondary N) is 1. The van der Waals surface area contributed by atoms with Gasteiger partial charge in [0.25, 0.3) is 5.91 Å². The molecule has 1 amide bonds. The zero-order chi connectivity index (χ0) is 28.2. The van der Waals surface area contributed by atoms with Crippen LogP contribution in [0, 0.1) is 6.92 Å². The van der Waals surface area contributed by atoms with Gasteiger partial charge >= 0.3 is 0 Å². The Labute approximate surface area is 239 Å². The van der Waals surface area contributed by atoms with Crippen LogP contribution in [-0.4, -0.2) is 63.6 Å². The Morgan fingerprint density at radius 3 is 2.39 bits per heavy atom. The predicted octanol–water partition coefficient (Wildman–Crippen LogP) is 4.77. The standard InChI is InChI=1S/C32H33N7O2/c1-23-12-14-25(15-13-23)31(40)37-16-18-38(19-17-37)32-35-29(33-20-26-10-6-7-11-27(26)41-2)28-30(36-32)39(22-34-28)21-24-8-4-3-5-9-24/h3-15,22H,16-21H2,1-2H3,(H,33,35,36). The van der Waals surface area contributed by atoms with Crippen LogP contribution in [0.15, 0.2) is 85.2 Å². The van der Waals surface area contributed by atoms with E-state index in [9.17, 15) is 4.79 Å². The Morgan fingerprint density at radius 1 is 0.902 bits per heavy atom. The van der Waals surface area contributed by atoms with Gasteiger partial charge in [0.2, 0.25) is 5.95 Å². The molecule has 9 heteroatoms. The molecule has 0 radical (unpaired) electrons. The van der Waals surface area contributed by atoms with Crippen LogP contribution in [0.5, 0.6) is 5.75 Å². The molecule has 6 rings (SSSR count). The first-order valence-corrected chi connectivity index (χ1v) is 13.8. The zero-order valence-electron chi connectivity index (χ0n) is 23.3. The van der Waals surface area contributed by atoms with Crippen LogP contribution in [0.4, 0.5) is 11.8 Å². The first kappa shape index (κ1) is 26.3. The van der Waals surface area contributed by atoms with Gasteiger partial charge in [-0.25, -0.2) is 4.98 Å². The third-order valence-corrected chi connectivity index (χ3v) is 7.43. The summed E-state index contributed by atoms with van der Waals surface area (Å²) >= 11 is 0. The lowest BCUT2D eigenvalue weighted by atomic mass is 10.1. The van der Waals surface area contributed by atoms with E-state index in [0.29, 0.717) is 62.1 Å². The number of para-hydroxylation sites is 1. The molecule has 0 unspecified atom stereocenters. The third-order valence-electron chi connectivity index (χ3n) is 7.43. The maximum Gasteiger partial charge on any atom is 0.253 e. The van der Waals surface area contributed by atoms with Crippen LogP contribution in [-0.2, 0) is 13.1 Å². The van der Waals surface area contributed by atoms with E-state index in [2.05, 4.69) is 26.9 Å². The highest BCUT2D eigenvalue weighted by molar-refractivity contribution is 5.94. The SMILES string of the molecule is COc1ccccc1CNc1nc(N2CCN(C(=O)c3ccc(C)cc3)CC2)nc2c1ncn2Cc1ccccc1. The van der Waals surface area contributed by atoms with Gasteiger partial charge in [0.05, 0.1) is 20.0 Å². The number of methoxy groups -OCH3 is 1. The minimum Gasteiger partial charge on any atom is -0.496 e. The summed E-state index contributed by atoms with van der Waals surface area (Å²) in [6.07, 6.45) is 1.82. The second-order valence-electron chi connectivity index (χ2n) is 10.2. The number of aromatic nitrogens is 4. The number of anilines is 2. The molecule has 0 aliphatic carbocycles. The highest BCUT2D eigenvalue weighted by Gasteiger charge is 2.25. The summed E-state index contributed by atoms with van der Waals surface area (Å²) in [6.45, 7) is 5.68. The lowest BCUT2D eigenvalue weighted by Crippen LogP contribution is -2.49. The number of ether oxygens (including phenoxy) is 1. The number of rotatable bonds is 8. The number of aryl methyl sites for hydroxylation is 1. The normalized spacial score (nSPS) is 13.4. The van der Waals surface area contributed by atoms with E-state index in [-0.39, 0.29) is 5.91 Å². The van der Waals surface area contributed by atoms with E-state index in [4.69, 9.17) is 19.7 Å². The predicted molar refractivity (Wildman–Crippen MR) is 160 cm³/mol. The molecule has 3 aromatic carbocycles. The minimum atomic E-state index is 0.0566. The number of piperazine rings is 1. The van der Waals surface area contributed by atoms with Crippen LogP contribution in [0.3, 0.4) is 0 Å². The maximum atomic E-state index is 13.1.